The van der Waals surface area contributed by atoms with Crippen LogP contribution in [0.1, 0.15) is 46.5 Å². The first-order valence-electron chi connectivity index (χ1n) is 6.47. The number of hydrazine groups is 1. The van der Waals surface area contributed by atoms with E-state index in [1.54, 1.807) is 0 Å². The standard InChI is InChI=1S/C13H26N2O/c1-4-16-13(10(2)3)12(15-14)11-8-6-5-7-9-11/h8,10,12-13,15H,4-7,9,14H2,1-3H3. The van der Waals surface area contributed by atoms with Crippen molar-refractivity contribution in [3.63, 3.8) is 0 Å². The molecule has 16 heavy (non-hydrogen) atoms. The van der Waals surface area contributed by atoms with Gasteiger partial charge >= 0.3 is 0 Å². The molecular weight excluding hydrogens is 200 g/mol. The van der Waals surface area contributed by atoms with Crippen molar-refractivity contribution in [2.45, 2.75) is 58.6 Å². The van der Waals surface area contributed by atoms with E-state index in [-0.39, 0.29) is 12.1 Å². The zero-order chi connectivity index (χ0) is 12.0. The van der Waals surface area contributed by atoms with E-state index < -0.39 is 0 Å². The van der Waals surface area contributed by atoms with E-state index in [0.29, 0.717) is 5.92 Å². The Kier molecular flexibility index (Phi) is 6.03. The topological polar surface area (TPSA) is 47.3 Å². The van der Waals surface area contributed by atoms with Crippen LogP contribution in [-0.4, -0.2) is 18.8 Å². The fraction of sp³-hybridized carbons (Fsp3) is 0.846. The second-order valence-electron chi connectivity index (χ2n) is 4.83. The lowest BCUT2D eigenvalue weighted by Crippen LogP contribution is -2.49. The van der Waals surface area contributed by atoms with Crippen molar-refractivity contribution in [2.75, 3.05) is 6.61 Å². The third-order valence-corrected chi connectivity index (χ3v) is 3.25. The predicted octanol–water partition coefficient (Wildman–Crippen LogP) is 2.38. The Labute approximate surface area is 99.4 Å². The van der Waals surface area contributed by atoms with Crippen molar-refractivity contribution in [1.82, 2.24) is 5.43 Å². The summed E-state index contributed by atoms with van der Waals surface area (Å²) in [7, 11) is 0. The zero-order valence-corrected chi connectivity index (χ0v) is 10.8. The summed E-state index contributed by atoms with van der Waals surface area (Å²) in [6.07, 6.45) is 7.44. The van der Waals surface area contributed by atoms with E-state index in [0.717, 1.165) is 13.0 Å². The van der Waals surface area contributed by atoms with E-state index in [1.807, 2.05) is 6.92 Å². The molecule has 2 unspecified atom stereocenters. The highest BCUT2D eigenvalue weighted by Gasteiger charge is 2.27. The predicted molar refractivity (Wildman–Crippen MR) is 67.9 cm³/mol. The summed E-state index contributed by atoms with van der Waals surface area (Å²) in [5.41, 5.74) is 4.38. The van der Waals surface area contributed by atoms with Crippen LogP contribution in [0.25, 0.3) is 0 Å². The Morgan fingerprint density at radius 1 is 1.44 bits per heavy atom. The fourth-order valence-corrected chi connectivity index (χ4v) is 2.42. The monoisotopic (exact) mass is 226 g/mol. The van der Waals surface area contributed by atoms with Crippen molar-refractivity contribution in [3.05, 3.63) is 11.6 Å². The molecule has 3 N–H and O–H groups in total. The van der Waals surface area contributed by atoms with E-state index in [1.165, 1.54) is 24.8 Å². The average Bonchev–Trinajstić information content (AvgIpc) is 2.30. The third kappa shape index (κ3) is 3.58. The smallest absolute Gasteiger partial charge is 0.0802 e. The molecule has 3 heteroatoms. The molecule has 0 spiro atoms. The van der Waals surface area contributed by atoms with Gasteiger partial charge in [-0.2, -0.15) is 0 Å². The van der Waals surface area contributed by atoms with Crippen LogP contribution in [0.3, 0.4) is 0 Å². The Hall–Kier alpha value is -0.380. The Morgan fingerprint density at radius 3 is 2.62 bits per heavy atom. The largest absolute Gasteiger partial charge is 0.376 e. The molecule has 0 saturated carbocycles. The Balaban J connectivity index is 2.72. The highest BCUT2D eigenvalue weighted by atomic mass is 16.5. The molecule has 1 aliphatic rings. The molecule has 0 radical (unpaired) electrons. The quantitative estimate of drug-likeness (QED) is 0.415. The summed E-state index contributed by atoms with van der Waals surface area (Å²) in [6, 6.07) is 0.181. The number of hydrogen-bond acceptors (Lipinski definition) is 3. The lowest BCUT2D eigenvalue weighted by molar-refractivity contribution is 0.0110. The van der Waals surface area contributed by atoms with Crippen molar-refractivity contribution in [1.29, 1.82) is 0 Å². The molecule has 0 heterocycles. The Bertz CT molecular complexity index is 226. The van der Waals surface area contributed by atoms with Gasteiger partial charge in [0.2, 0.25) is 0 Å². The number of nitrogens with two attached hydrogens (primary N) is 1. The molecule has 3 nitrogen and oxygen atoms in total. The maximum atomic E-state index is 5.83. The minimum absolute atomic E-state index is 0.180. The van der Waals surface area contributed by atoms with Crippen LogP contribution in [0.2, 0.25) is 0 Å². The summed E-state index contributed by atoms with van der Waals surface area (Å²) in [5.74, 6) is 6.18. The molecule has 0 bridgehead atoms. The number of rotatable bonds is 6. The molecule has 2 atom stereocenters. The van der Waals surface area contributed by atoms with Gasteiger partial charge in [-0.15, -0.1) is 0 Å². The minimum atomic E-state index is 0.180. The van der Waals surface area contributed by atoms with Gasteiger partial charge < -0.3 is 4.74 Å². The second kappa shape index (κ2) is 7.05. The van der Waals surface area contributed by atoms with Crippen LogP contribution in [-0.2, 0) is 4.74 Å². The van der Waals surface area contributed by atoms with Crippen LogP contribution in [0.5, 0.6) is 0 Å². The fourth-order valence-electron chi connectivity index (χ4n) is 2.42. The number of ether oxygens (including phenoxy) is 1. The first-order valence-corrected chi connectivity index (χ1v) is 6.47. The van der Waals surface area contributed by atoms with Gasteiger partial charge in [0.25, 0.3) is 0 Å². The first-order chi connectivity index (χ1) is 7.70. The molecule has 0 aromatic rings. The van der Waals surface area contributed by atoms with Gasteiger partial charge in [0.1, 0.15) is 0 Å². The lowest BCUT2D eigenvalue weighted by Gasteiger charge is -2.32. The van der Waals surface area contributed by atoms with Gasteiger partial charge in [-0.1, -0.05) is 25.5 Å². The van der Waals surface area contributed by atoms with Crippen molar-refractivity contribution >= 4 is 0 Å². The van der Waals surface area contributed by atoms with Crippen molar-refractivity contribution < 1.29 is 4.74 Å². The van der Waals surface area contributed by atoms with Gasteiger partial charge in [-0.3, -0.25) is 11.3 Å². The molecule has 0 amide bonds. The first kappa shape index (κ1) is 13.7. The van der Waals surface area contributed by atoms with Crippen LogP contribution in [0.4, 0.5) is 0 Å². The van der Waals surface area contributed by atoms with Gasteiger partial charge in [0.15, 0.2) is 0 Å². The summed E-state index contributed by atoms with van der Waals surface area (Å²) >= 11 is 0. The maximum absolute atomic E-state index is 5.83. The number of hydrogen-bond donors (Lipinski definition) is 2. The molecule has 0 aromatic carbocycles. The van der Waals surface area contributed by atoms with Crippen molar-refractivity contribution in [3.8, 4) is 0 Å². The lowest BCUT2D eigenvalue weighted by atomic mass is 9.87. The van der Waals surface area contributed by atoms with E-state index in [9.17, 15) is 0 Å². The van der Waals surface area contributed by atoms with Gasteiger partial charge in [0, 0.05) is 6.61 Å². The maximum Gasteiger partial charge on any atom is 0.0802 e. The van der Waals surface area contributed by atoms with E-state index in [2.05, 4.69) is 25.3 Å². The molecule has 94 valence electrons. The third-order valence-electron chi connectivity index (χ3n) is 3.25. The Morgan fingerprint density at radius 2 is 2.19 bits per heavy atom. The highest BCUT2D eigenvalue weighted by Crippen LogP contribution is 2.25. The van der Waals surface area contributed by atoms with E-state index in [4.69, 9.17) is 10.6 Å². The second-order valence-corrected chi connectivity index (χ2v) is 4.83. The highest BCUT2D eigenvalue weighted by molar-refractivity contribution is 5.15. The molecular formula is C13H26N2O. The van der Waals surface area contributed by atoms with Gasteiger partial charge in [0.05, 0.1) is 12.1 Å². The molecule has 0 aliphatic heterocycles. The van der Waals surface area contributed by atoms with Crippen LogP contribution in [0.15, 0.2) is 11.6 Å². The van der Waals surface area contributed by atoms with Crippen LogP contribution >= 0.6 is 0 Å². The molecule has 1 rings (SSSR count). The molecule has 0 aromatic heterocycles. The summed E-state index contributed by atoms with van der Waals surface area (Å²) < 4.78 is 5.83. The number of allylic oxidation sites excluding steroid dienone is 1. The van der Waals surface area contributed by atoms with E-state index >= 15 is 0 Å². The normalized spacial score (nSPS) is 20.7. The SMILES string of the molecule is CCOC(C(C)C)C(NN)C1=CCCCC1. The molecule has 0 saturated heterocycles. The molecule has 0 fully saturated rings. The van der Waals surface area contributed by atoms with Crippen molar-refractivity contribution in [2.24, 2.45) is 11.8 Å². The average molecular weight is 226 g/mol. The van der Waals surface area contributed by atoms with Gasteiger partial charge in [-0.25, -0.2) is 0 Å². The summed E-state index contributed by atoms with van der Waals surface area (Å²) in [6.45, 7) is 7.16. The van der Waals surface area contributed by atoms with Crippen LogP contribution in [0, 0.1) is 5.92 Å². The summed E-state index contributed by atoms with van der Waals surface area (Å²) in [4.78, 5) is 0. The zero-order valence-electron chi connectivity index (χ0n) is 10.8. The summed E-state index contributed by atoms with van der Waals surface area (Å²) in [5, 5.41) is 0. The molecule has 1 aliphatic carbocycles. The van der Waals surface area contributed by atoms with Crippen LogP contribution < -0.4 is 11.3 Å². The number of nitrogens with one attached hydrogen (secondary N) is 1. The minimum Gasteiger partial charge on any atom is -0.376 e. The van der Waals surface area contributed by atoms with Gasteiger partial charge in [-0.05, 0) is 38.5 Å².